The van der Waals surface area contributed by atoms with Crippen molar-refractivity contribution in [2.24, 2.45) is 4.99 Å². The number of benzene rings is 1. The van der Waals surface area contributed by atoms with Crippen LogP contribution in [0.25, 0.3) is 0 Å². The minimum atomic E-state index is 0. The van der Waals surface area contributed by atoms with Crippen LogP contribution in [0, 0.1) is 0 Å². The number of carbonyl (C=O) groups excluding carboxylic acids is 1. The molecule has 0 aromatic heterocycles. The Morgan fingerprint density at radius 2 is 1.63 bits per heavy atom. The van der Waals surface area contributed by atoms with Crippen molar-refractivity contribution in [2.75, 3.05) is 57.8 Å². The number of piperazine rings is 1. The van der Waals surface area contributed by atoms with Crippen molar-refractivity contribution >= 4 is 41.5 Å². The van der Waals surface area contributed by atoms with Crippen molar-refractivity contribution in [1.82, 2.24) is 20.4 Å². The van der Waals surface area contributed by atoms with Crippen LogP contribution in [0.2, 0.25) is 0 Å². The molecule has 2 N–H and O–H groups in total. The van der Waals surface area contributed by atoms with Gasteiger partial charge in [0, 0.05) is 64.1 Å². The van der Waals surface area contributed by atoms with Crippen LogP contribution < -0.4 is 15.5 Å². The number of halogens is 1. The molecule has 0 unspecified atom stereocenters. The van der Waals surface area contributed by atoms with E-state index in [-0.39, 0.29) is 36.4 Å². The number of hydrogen-bond acceptors (Lipinski definition) is 4. The molecule has 1 heterocycles. The third kappa shape index (κ3) is 8.29. The van der Waals surface area contributed by atoms with Gasteiger partial charge in [0.1, 0.15) is 0 Å². The van der Waals surface area contributed by atoms with Gasteiger partial charge in [-0.15, -0.1) is 24.0 Å². The van der Waals surface area contributed by atoms with Crippen molar-refractivity contribution in [3.05, 3.63) is 30.3 Å². The molecule has 0 aliphatic carbocycles. The molecule has 0 bridgehead atoms. The van der Waals surface area contributed by atoms with Crippen LogP contribution in [-0.4, -0.2) is 86.6 Å². The van der Waals surface area contributed by atoms with Gasteiger partial charge < -0.3 is 20.4 Å². The number of hydrogen-bond donors (Lipinski definition) is 2. The first-order valence-corrected chi connectivity index (χ1v) is 10.7. The molecule has 30 heavy (non-hydrogen) atoms. The van der Waals surface area contributed by atoms with Gasteiger partial charge in [-0.05, 0) is 39.8 Å². The number of aliphatic imine (C=N–C) groups is 1. The second kappa shape index (κ2) is 13.7. The van der Waals surface area contributed by atoms with Crippen LogP contribution in [0.3, 0.4) is 0 Å². The van der Waals surface area contributed by atoms with E-state index in [2.05, 4.69) is 77.4 Å². The monoisotopic (exact) mass is 530 g/mol. The quantitative estimate of drug-likeness (QED) is 0.307. The van der Waals surface area contributed by atoms with Gasteiger partial charge in [0.2, 0.25) is 5.91 Å². The first kappa shape index (κ1) is 26.5. The fraction of sp³-hybridized carbons (Fsp3) is 0.636. The number of para-hydroxylation sites is 1. The smallest absolute Gasteiger partial charge is 0.242 e. The molecule has 2 rings (SSSR count). The summed E-state index contributed by atoms with van der Waals surface area (Å²) in [5.41, 5.74) is 1.22. The van der Waals surface area contributed by atoms with Gasteiger partial charge >= 0.3 is 0 Å². The van der Waals surface area contributed by atoms with Crippen LogP contribution >= 0.6 is 24.0 Å². The lowest BCUT2D eigenvalue weighted by Gasteiger charge is -2.36. The van der Waals surface area contributed by atoms with Gasteiger partial charge in [-0.25, -0.2) is 0 Å². The highest BCUT2D eigenvalue weighted by Gasteiger charge is 2.21. The summed E-state index contributed by atoms with van der Waals surface area (Å²) < 4.78 is 0. The van der Waals surface area contributed by atoms with E-state index in [1.165, 1.54) is 5.69 Å². The first-order chi connectivity index (χ1) is 13.9. The minimum absolute atomic E-state index is 0. The Balaban J connectivity index is 0.00000450. The Labute approximate surface area is 199 Å². The lowest BCUT2D eigenvalue weighted by molar-refractivity contribution is -0.130. The molecule has 1 amide bonds. The highest BCUT2D eigenvalue weighted by atomic mass is 127. The van der Waals surface area contributed by atoms with Crippen molar-refractivity contribution in [2.45, 2.75) is 39.8 Å². The van der Waals surface area contributed by atoms with Gasteiger partial charge in [0.05, 0.1) is 6.54 Å². The second-order valence-corrected chi connectivity index (χ2v) is 7.98. The van der Waals surface area contributed by atoms with E-state index < -0.39 is 0 Å². The number of guanidine groups is 1. The molecule has 1 aliphatic rings. The van der Waals surface area contributed by atoms with Crippen molar-refractivity contribution in [3.63, 3.8) is 0 Å². The molecular weight excluding hydrogens is 491 g/mol. The van der Waals surface area contributed by atoms with Crippen molar-refractivity contribution < 1.29 is 4.79 Å². The number of anilines is 1. The summed E-state index contributed by atoms with van der Waals surface area (Å²) in [6, 6.07) is 11.4. The average Bonchev–Trinajstić information content (AvgIpc) is 2.73. The summed E-state index contributed by atoms with van der Waals surface area (Å²) in [7, 11) is 1.74. The summed E-state index contributed by atoms with van der Waals surface area (Å²) >= 11 is 0. The van der Waals surface area contributed by atoms with Crippen LogP contribution in [0.15, 0.2) is 35.3 Å². The van der Waals surface area contributed by atoms with Crippen molar-refractivity contribution in [3.8, 4) is 0 Å². The molecule has 7 nitrogen and oxygen atoms in total. The molecule has 1 saturated heterocycles. The standard InChI is InChI=1S/C22H38N6O.HI/c1-18(2)28(19(3)4)12-11-24-22(23-5)25-17-21(29)27-15-13-26(14-16-27)20-9-7-6-8-10-20;/h6-10,18-19H,11-17H2,1-5H3,(H2,23,24,25);1H. The fourth-order valence-electron chi connectivity index (χ4n) is 3.76. The Hall–Kier alpha value is -1.55. The molecule has 1 aromatic rings. The van der Waals surface area contributed by atoms with Gasteiger partial charge in [-0.1, -0.05) is 18.2 Å². The molecule has 0 atom stereocenters. The predicted octanol–water partition coefficient (Wildman–Crippen LogP) is 2.24. The molecule has 0 spiro atoms. The number of nitrogens with one attached hydrogen (secondary N) is 2. The van der Waals surface area contributed by atoms with Gasteiger partial charge in [0.15, 0.2) is 5.96 Å². The van der Waals surface area contributed by atoms with Crippen LogP contribution in [0.4, 0.5) is 5.69 Å². The molecule has 1 fully saturated rings. The van der Waals surface area contributed by atoms with Crippen molar-refractivity contribution in [1.29, 1.82) is 0 Å². The van der Waals surface area contributed by atoms with E-state index in [1.54, 1.807) is 7.05 Å². The maximum Gasteiger partial charge on any atom is 0.242 e. The number of nitrogens with zero attached hydrogens (tertiary/aromatic N) is 4. The van der Waals surface area contributed by atoms with Gasteiger partial charge in [-0.3, -0.25) is 14.7 Å². The van der Waals surface area contributed by atoms with E-state index in [4.69, 9.17) is 0 Å². The third-order valence-corrected chi connectivity index (χ3v) is 5.37. The van der Waals surface area contributed by atoms with E-state index in [1.807, 2.05) is 11.0 Å². The second-order valence-electron chi connectivity index (χ2n) is 7.98. The van der Waals surface area contributed by atoms with E-state index in [9.17, 15) is 4.79 Å². The number of amides is 1. The summed E-state index contributed by atoms with van der Waals surface area (Å²) in [6.45, 7) is 14.1. The van der Waals surface area contributed by atoms with E-state index >= 15 is 0 Å². The van der Waals surface area contributed by atoms with E-state index in [0.717, 1.165) is 39.3 Å². The highest BCUT2D eigenvalue weighted by Crippen LogP contribution is 2.15. The summed E-state index contributed by atoms with van der Waals surface area (Å²) in [4.78, 5) is 23.5. The predicted molar refractivity (Wildman–Crippen MR) is 137 cm³/mol. The molecule has 8 heteroatoms. The Kier molecular flexibility index (Phi) is 12.1. The van der Waals surface area contributed by atoms with Crippen LogP contribution in [-0.2, 0) is 4.79 Å². The van der Waals surface area contributed by atoms with E-state index in [0.29, 0.717) is 18.0 Å². The largest absolute Gasteiger partial charge is 0.368 e. The van der Waals surface area contributed by atoms with Crippen LogP contribution in [0.5, 0.6) is 0 Å². The fourth-order valence-corrected chi connectivity index (χ4v) is 3.76. The molecule has 1 aliphatic heterocycles. The Morgan fingerprint density at radius 1 is 1.03 bits per heavy atom. The first-order valence-electron chi connectivity index (χ1n) is 10.7. The number of carbonyl (C=O) groups is 1. The maximum absolute atomic E-state index is 12.6. The minimum Gasteiger partial charge on any atom is -0.368 e. The average molecular weight is 530 g/mol. The van der Waals surface area contributed by atoms with Gasteiger partial charge in [-0.2, -0.15) is 0 Å². The third-order valence-electron chi connectivity index (χ3n) is 5.37. The molecule has 1 aromatic carbocycles. The lowest BCUT2D eigenvalue weighted by atomic mass is 10.2. The normalized spacial score (nSPS) is 14.9. The Bertz CT molecular complexity index is 636. The molecule has 170 valence electrons. The molecule has 0 saturated carbocycles. The summed E-state index contributed by atoms with van der Waals surface area (Å²) in [5.74, 6) is 0.792. The van der Waals surface area contributed by atoms with Crippen LogP contribution in [0.1, 0.15) is 27.7 Å². The number of rotatable bonds is 8. The van der Waals surface area contributed by atoms with Gasteiger partial charge in [0.25, 0.3) is 0 Å². The zero-order chi connectivity index (χ0) is 21.2. The molecular formula is C22H39IN6O. The topological polar surface area (TPSA) is 63.2 Å². The zero-order valence-electron chi connectivity index (χ0n) is 19.1. The molecule has 0 radical (unpaired) electrons. The zero-order valence-corrected chi connectivity index (χ0v) is 21.4. The lowest BCUT2D eigenvalue weighted by Crippen LogP contribution is -2.52. The summed E-state index contributed by atoms with van der Waals surface area (Å²) in [6.07, 6.45) is 0. The highest BCUT2D eigenvalue weighted by molar-refractivity contribution is 14.0. The maximum atomic E-state index is 12.6. The Morgan fingerprint density at radius 3 is 2.17 bits per heavy atom. The summed E-state index contributed by atoms with van der Waals surface area (Å²) in [5, 5.41) is 6.47. The SMILES string of the molecule is CN=C(NCCN(C(C)C)C(C)C)NCC(=O)N1CCN(c2ccccc2)CC1.I.